The minimum atomic E-state index is -1.13. The number of aromatic carboxylic acids is 1. The van der Waals surface area contributed by atoms with E-state index in [1.165, 1.54) is 31.2 Å². The van der Waals surface area contributed by atoms with Gasteiger partial charge in [0, 0.05) is 49.6 Å². The summed E-state index contributed by atoms with van der Waals surface area (Å²) in [5.74, 6) is -0.953. The van der Waals surface area contributed by atoms with Gasteiger partial charge >= 0.3 is 5.97 Å². The molecule has 3 aromatic carbocycles. The fourth-order valence-corrected chi connectivity index (χ4v) is 5.94. The molecule has 0 aromatic heterocycles. The topological polar surface area (TPSA) is 120 Å². The number of anilines is 2. The van der Waals surface area contributed by atoms with Crippen molar-refractivity contribution in [2.75, 3.05) is 30.3 Å². The minimum absolute atomic E-state index is 0.137. The molecule has 4 N–H and O–H groups in total. The van der Waals surface area contributed by atoms with E-state index >= 15 is 0 Å². The zero-order valence-corrected chi connectivity index (χ0v) is 23.2. The lowest BCUT2D eigenvalue weighted by molar-refractivity contribution is -0.128. The van der Waals surface area contributed by atoms with Gasteiger partial charge in [0.15, 0.2) is 0 Å². The number of ether oxygens (including phenoxy) is 1. The highest BCUT2D eigenvalue weighted by Crippen LogP contribution is 2.47. The quantitative estimate of drug-likeness (QED) is 0.309. The van der Waals surface area contributed by atoms with Crippen molar-refractivity contribution in [3.8, 4) is 11.5 Å². The van der Waals surface area contributed by atoms with Crippen LogP contribution in [0, 0.1) is 5.82 Å². The number of nitrogens with zero attached hydrogens (tertiary/aromatic N) is 1. The molecule has 2 heterocycles. The number of fused-ring (bicyclic) bond motifs is 1. The van der Waals surface area contributed by atoms with Crippen molar-refractivity contribution in [3.05, 3.63) is 83.2 Å². The van der Waals surface area contributed by atoms with E-state index in [1.54, 1.807) is 19.1 Å². The van der Waals surface area contributed by atoms with E-state index in [-0.39, 0.29) is 29.3 Å². The van der Waals surface area contributed by atoms with Gasteiger partial charge in [-0.15, -0.1) is 0 Å². The van der Waals surface area contributed by atoms with Crippen LogP contribution in [0.25, 0.3) is 0 Å². The Balaban J connectivity index is 1.45. The van der Waals surface area contributed by atoms with Crippen LogP contribution in [0.1, 0.15) is 54.6 Å². The van der Waals surface area contributed by atoms with E-state index in [2.05, 4.69) is 16.0 Å². The summed E-state index contributed by atoms with van der Waals surface area (Å²) < 4.78 is 20.9. The Hall–Kier alpha value is -4.44. The molecule has 10 heteroatoms. The highest BCUT2D eigenvalue weighted by atomic mass is 19.1. The van der Waals surface area contributed by atoms with Crippen molar-refractivity contribution in [2.45, 2.75) is 44.7 Å². The number of carbonyl (C=O) groups excluding carboxylic acids is 2. The Morgan fingerprint density at radius 1 is 1.17 bits per heavy atom. The zero-order valence-electron chi connectivity index (χ0n) is 23.2. The summed E-state index contributed by atoms with van der Waals surface area (Å²) in [5, 5.41) is 18.4. The van der Waals surface area contributed by atoms with Crippen LogP contribution < -0.4 is 20.7 Å². The number of benzene rings is 3. The van der Waals surface area contributed by atoms with Crippen LogP contribution in [0.3, 0.4) is 0 Å². The smallest absolute Gasteiger partial charge is 0.335 e. The Morgan fingerprint density at radius 2 is 1.90 bits per heavy atom. The lowest BCUT2D eigenvalue weighted by Crippen LogP contribution is -2.59. The number of para-hydroxylation sites is 1. The van der Waals surface area contributed by atoms with Gasteiger partial charge < -0.3 is 25.8 Å². The third-order valence-corrected chi connectivity index (χ3v) is 7.96. The van der Waals surface area contributed by atoms with Crippen LogP contribution in [-0.2, 0) is 15.1 Å². The van der Waals surface area contributed by atoms with Gasteiger partial charge in [-0.25, -0.2) is 9.18 Å². The average Bonchev–Trinajstić information content (AvgIpc) is 3.20. The number of rotatable bonds is 8. The van der Waals surface area contributed by atoms with Gasteiger partial charge in [-0.3, -0.25) is 14.5 Å². The van der Waals surface area contributed by atoms with Crippen LogP contribution in [0.4, 0.5) is 15.8 Å². The van der Waals surface area contributed by atoms with Gasteiger partial charge in [0.1, 0.15) is 22.9 Å². The van der Waals surface area contributed by atoms with E-state index in [4.69, 9.17) is 4.74 Å². The molecule has 41 heavy (non-hydrogen) atoms. The van der Waals surface area contributed by atoms with Crippen molar-refractivity contribution >= 4 is 29.2 Å². The third kappa shape index (κ3) is 5.35. The lowest BCUT2D eigenvalue weighted by atomic mass is 9.81. The molecule has 0 bridgehead atoms. The van der Waals surface area contributed by atoms with Crippen molar-refractivity contribution < 1.29 is 28.6 Å². The number of hydrogen-bond donors (Lipinski definition) is 4. The molecule has 1 fully saturated rings. The normalized spacial score (nSPS) is 22.0. The van der Waals surface area contributed by atoms with E-state index < -0.39 is 17.3 Å². The first-order valence-electron chi connectivity index (χ1n) is 13.6. The van der Waals surface area contributed by atoms with Gasteiger partial charge in [-0.05, 0) is 62.7 Å². The van der Waals surface area contributed by atoms with Crippen LogP contribution in [0.5, 0.6) is 11.5 Å². The van der Waals surface area contributed by atoms with Crippen molar-refractivity contribution in [2.24, 2.45) is 0 Å². The summed E-state index contributed by atoms with van der Waals surface area (Å²) in [6, 6.07) is 16.1. The number of piperidine rings is 1. The highest BCUT2D eigenvalue weighted by Gasteiger charge is 2.51. The molecule has 3 atom stereocenters. The second-order valence-electron chi connectivity index (χ2n) is 10.6. The number of carboxylic acid groups (broad SMARTS) is 1. The standard InChI is InChI=1S/C31H33FN4O5/c1-4-33-25-16-20(32)15-24-28(25)35-30(40)31(24,3)36-14-13-22(26(17-36)34-18(2)37)23-7-5-6-8-27(23)41-21-11-9-19(10-12-21)29(38)39/h5-12,15-16,22,26,33H,4,13-14,17H2,1-3H3,(H,34,37)(H,35,40)(H,38,39)/t22-,26+,31?/m0/s1. The average molecular weight is 561 g/mol. The molecule has 2 aliphatic heterocycles. The summed E-state index contributed by atoms with van der Waals surface area (Å²) in [4.78, 5) is 39.0. The maximum atomic E-state index is 14.7. The maximum absolute atomic E-state index is 14.7. The predicted molar refractivity (Wildman–Crippen MR) is 153 cm³/mol. The molecule has 0 radical (unpaired) electrons. The predicted octanol–water partition coefficient (Wildman–Crippen LogP) is 4.91. The van der Waals surface area contributed by atoms with Gasteiger partial charge in [0.25, 0.3) is 0 Å². The zero-order chi connectivity index (χ0) is 29.3. The second kappa shape index (κ2) is 11.2. The van der Waals surface area contributed by atoms with Crippen molar-refractivity contribution in [1.29, 1.82) is 0 Å². The third-order valence-electron chi connectivity index (χ3n) is 7.96. The molecular formula is C31H33FN4O5. The molecule has 1 unspecified atom stereocenters. The summed E-state index contributed by atoms with van der Waals surface area (Å²) in [6.07, 6.45) is 0.594. The molecule has 2 aliphatic rings. The number of halogens is 1. The number of hydrogen-bond acceptors (Lipinski definition) is 6. The minimum Gasteiger partial charge on any atom is -0.478 e. The first-order valence-corrected chi connectivity index (χ1v) is 13.6. The number of carbonyl (C=O) groups is 3. The molecule has 2 amide bonds. The van der Waals surface area contributed by atoms with Crippen molar-refractivity contribution in [1.82, 2.24) is 10.2 Å². The SMILES string of the molecule is CCNc1cc(F)cc2c1NC(=O)C2(C)N1CC[C@@H](c2ccccc2Oc2ccc(C(=O)O)cc2)[C@H](NC(C)=O)C1. The molecule has 0 saturated carbocycles. The number of nitrogens with one attached hydrogen (secondary N) is 3. The summed E-state index contributed by atoms with van der Waals surface area (Å²) in [7, 11) is 0. The molecule has 1 saturated heterocycles. The van der Waals surface area contributed by atoms with E-state index in [0.29, 0.717) is 54.5 Å². The Morgan fingerprint density at radius 3 is 2.59 bits per heavy atom. The second-order valence-corrected chi connectivity index (χ2v) is 10.6. The maximum Gasteiger partial charge on any atom is 0.335 e. The largest absolute Gasteiger partial charge is 0.478 e. The van der Waals surface area contributed by atoms with Crippen LogP contribution in [-0.4, -0.2) is 53.5 Å². The molecule has 0 aliphatic carbocycles. The first kappa shape index (κ1) is 28.1. The molecule has 5 rings (SSSR count). The molecule has 0 spiro atoms. The van der Waals surface area contributed by atoms with E-state index in [1.807, 2.05) is 36.1 Å². The lowest BCUT2D eigenvalue weighted by Gasteiger charge is -2.45. The van der Waals surface area contributed by atoms with Crippen LogP contribution in [0.2, 0.25) is 0 Å². The highest BCUT2D eigenvalue weighted by molar-refractivity contribution is 6.08. The van der Waals surface area contributed by atoms with Gasteiger partial charge in [-0.2, -0.15) is 0 Å². The number of amides is 2. The molecule has 214 valence electrons. The Bertz CT molecular complexity index is 1490. The van der Waals surface area contributed by atoms with Gasteiger partial charge in [0.05, 0.1) is 16.9 Å². The number of likely N-dealkylation sites (tertiary alicyclic amines) is 1. The Labute approximate surface area is 237 Å². The monoisotopic (exact) mass is 560 g/mol. The molecule has 3 aromatic rings. The fourth-order valence-electron chi connectivity index (χ4n) is 5.94. The van der Waals surface area contributed by atoms with E-state index in [0.717, 1.165) is 5.56 Å². The summed E-state index contributed by atoms with van der Waals surface area (Å²) in [6.45, 7) is 6.60. The fraction of sp³-hybridized carbons (Fsp3) is 0.323. The van der Waals surface area contributed by atoms with Crippen LogP contribution in [0.15, 0.2) is 60.7 Å². The Kier molecular flexibility index (Phi) is 7.68. The first-order chi connectivity index (χ1) is 19.6. The molecular weight excluding hydrogens is 527 g/mol. The summed E-state index contributed by atoms with van der Waals surface area (Å²) in [5.41, 5.74) is 1.59. The summed E-state index contributed by atoms with van der Waals surface area (Å²) >= 11 is 0. The van der Waals surface area contributed by atoms with Gasteiger partial charge in [-0.1, -0.05) is 18.2 Å². The van der Waals surface area contributed by atoms with Gasteiger partial charge in [0.2, 0.25) is 11.8 Å². The van der Waals surface area contributed by atoms with E-state index in [9.17, 15) is 23.9 Å². The number of carboxylic acids is 1. The molecule has 9 nitrogen and oxygen atoms in total. The van der Waals surface area contributed by atoms with Crippen LogP contribution >= 0.6 is 0 Å². The van der Waals surface area contributed by atoms with Crippen molar-refractivity contribution in [3.63, 3.8) is 0 Å².